The van der Waals surface area contributed by atoms with Crippen molar-refractivity contribution < 1.29 is 13.6 Å². The fourth-order valence-electron chi connectivity index (χ4n) is 1.92. The zero-order chi connectivity index (χ0) is 14.5. The van der Waals surface area contributed by atoms with Crippen molar-refractivity contribution >= 4 is 17.1 Å². The van der Waals surface area contributed by atoms with Crippen LogP contribution in [0.25, 0.3) is 0 Å². The molecule has 0 radical (unpaired) electrons. The van der Waals surface area contributed by atoms with Crippen LogP contribution in [0.15, 0.2) is 35.7 Å². The van der Waals surface area contributed by atoms with Gasteiger partial charge in [-0.05, 0) is 37.0 Å². The van der Waals surface area contributed by atoms with E-state index < -0.39 is 23.0 Å². The highest BCUT2D eigenvalue weighted by atomic mass is 32.1. The molecule has 20 heavy (non-hydrogen) atoms. The van der Waals surface area contributed by atoms with E-state index in [2.05, 4.69) is 0 Å². The average Bonchev–Trinajstić information content (AvgIpc) is 2.89. The molecule has 0 aliphatic rings. The Kier molecular flexibility index (Phi) is 4.98. The Morgan fingerprint density at radius 2 is 1.90 bits per heavy atom. The van der Waals surface area contributed by atoms with Gasteiger partial charge in [-0.25, -0.2) is 8.78 Å². The fraction of sp³-hybridized carbons (Fsp3) is 0.267. The first-order chi connectivity index (χ1) is 9.58. The number of nitrogens with zero attached hydrogens (tertiary/aromatic N) is 1. The first-order valence-corrected chi connectivity index (χ1v) is 7.14. The lowest BCUT2D eigenvalue weighted by Gasteiger charge is -2.15. The van der Waals surface area contributed by atoms with Crippen LogP contribution in [0.5, 0.6) is 0 Å². The van der Waals surface area contributed by atoms with Crippen molar-refractivity contribution in [2.75, 3.05) is 20.1 Å². The van der Waals surface area contributed by atoms with Gasteiger partial charge in [-0.3, -0.25) is 9.69 Å². The Labute approximate surface area is 120 Å². The van der Waals surface area contributed by atoms with Crippen molar-refractivity contribution in [2.24, 2.45) is 0 Å². The van der Waals surface area contributed by atoms with Crippen LogP contribution in [0.1, 0.15) is 15.2 Å². The normalized spacial score (nSPS) is 11.0. The van der Waals surface area contributed by atoms with E-state index in [-0.39, 0.29) is 6.54 Å². The molecule has 0 atom stereocenters. The molecule has 0 aliphatic carbocycles. The molecular weight excluding hydrogens is 280 g/mol. The molecule has 0 spiro atoms. The average molecular weight is 295 g/mol. The molecule has 0 N–H and O–H groups in total. The number of Topliss-reactive ketones (excluding diaryl/α,β-unsaturated/α-hetero) is 1. The van der Waals surface area contributed by atoms with Crippen LogP contribution in [0.3, 0.4) is 0 Å². The zero-order valence-corrected chi connectivity index (χ0v) is 11.9. The maximum absolute atomic E-state index is 13.5. The highest BCUT2D eigenvalue weighted by Crippen LogP contribution is 2.14. The van der Waals surface area contributed by atoms with Gasteiger partial charge in [0.2, 0.25) is 0 Å². The summed E-state index contributed by atoms with van der Waals surface area (Å²) >= 11 is 1.65. The van der Waals surface area contributed by atoms with Crippen molar-refractivity contribution in [2.45, 2.75) is 6.42 Å². The Morgan fingerprint density at radius 3 is 2.50 bits per heavy atom. The third-order valence-corrected chi connectivity index (χ3v) is 3.91. The van der Waals surface area contributed by atoms with E-state index in [4.69, 9.17) is 0 Å². The number of carbonyl (C=O) groups is 1. The van der Waals surface area contributed by atoms with Crippen LogP contribution in [0, 0.1) is 11.6 Å². The lowest BCUT2D eigenvalue weighted by atomic mass is 10.1. The van der Waals surface area contributed by atoms with Gasteiger partial charge in [0.15, 0.2) is 5.78 Å². The largest absolute Gasteiger partial charge is 0.299 e. The summed E-state index contributed by atoms with van der Waals surface area (Å²) in [5.41, 5.74) is -0.449. The van der Waals surface area contributed by atoms with Gasteiger partial charge >= 0.3 is 0 Å². The summed E-state index contributed by atoms with van der Waals surface area (Å²) in [6, 6.07) is 7.45. The number of benzene rings is 1. The van der Waals surface area contributed by atoms with Crippen LogP contribution < -0.4 is 0 Å². The number of likely N-dealkylation sites (N-methyl/N-ethyl adjacent to an activating group) is 1. The van der Waals surface area contributed by atoms with Gasteiger partial charge in [0.1, 0.15) is 11.6 Å². The molecule has 1 heterocycles. The molecule has 0 fully saturated rings. The van der Waals surface area contributed by atoms with E-state index >= 15 is 0 Å². The fourth-order valence-corrected chi connectivity index (χ4v) is 2.62. The van der Waals surface area contributed by atoms with E-state index in [1.807, 2.05) is 17.5 Å². The second kappa shape index (κ2) is 6.72. The molecule has 0 saturated carbocycles. The monoisotopic (exact) mass is 295 g/mol. The SMILES string of the molecule is CN(CCc1cccs1)CC(=O)c1c(F)cccc1F. The molecule has 1 aromatic carbocycles. The summed E-state index contributed by atoms with van der Waals surface area (Å²) < 4.78 is 27.0. The maximum Gasteiger partial charge on any atom is 0.182 e. The standard InChI is InChI=1S/C15H15F2NOS/c1-18(8-7-11-4-3-9-20-11)10-14(19)15-12(16)5-2-6-13(15)17/h2-6,9H,7-8,10H2,1H3. The minimum Gasteiger partial charge on any atom is -0.299 e. The van der Waals surface area contributed by atoms with Crippen molar-refractivity contribution in [1.82, 2.24) is 4.90 Å². The highest BCUT2D eigenvalue weighted by Gasteiger charge is 2.18. The minimum atomic E-state index is -0.804. The number of halogens is 2. The molecule has 0 saturated heterocycles. The third-order valence-electron chi connectivity index (χ3n) is 2.98. The predicted octanol–water partition coefficient (Wildman–Crippen LogP) is 3.38. The molecule has 2 rings (SSSR count). The molecule has 0 unspecified atom stereocenters. The van der Waals surface area contributed by atoms with Crippen molar-refractivity contribution in [3.63, 3.8) is 0 Å². The Hall–Kier alpha value is -1.59. The number of thiophene rings is 1. The van der Waals surface area contributed by atoms with Gasteiger partial charge < -0.3 is 0 Å². The lowest BCUT2D eigenvalue weighted by Crippen LogP contribution is -2.28. The Balaban J connectivity index is 1.93. The van der Waals surface area contributed by atoms with Crippen LogP contribution in [0.4, 0.5) is 8.78 Å². The van der Waals surface area contributed by atoms with Crippen LogP contribution in [-0.4, -0.2) is 30.8 Å². The number of ketones is 1. The number of rotatable bonds is 6. The molecule has 5 heteroatoms. The first kappa shape index (κ1) is 14.8. The van der Waals surface area contributed by atoms with E-state index in [0.29, 0.717) is 6.54 Å². The van der Waals surface area contributed by atoms with E-state index in [0.717, 1.165) is 18.6 Å². The summed E-state index contributed by atoms with van der Waals surface area (Å²) in [6.07, 6.45) is 0.821. The minimum absolute atomic E-state index is 0.00320. The highest BCUT2D eigenvalue weighted by molar-refractivity contribution is 7.09. The van der Waals surface area contributed by atoms with Crippen LogP contribution in [0.2, 0.25) is 0 Å². The van der Waals surface area contributed by atoms with Crippen LogP contribution >= 0.6 is 11.3 Å². The summed E-state index contributed by atoms with van der Waals surface area (Å²) in [5.74, 6) is -2.14. The molecule has 0 aliphatic heterocycles. The quantitative estimate of drug-likeness (QED) is 0.761. The van der Waals surface area contributed by atoms with Crippen molar-refractivity contribution in [3.05, 3.63) is 57.8 Å². The Morgan fingerprint density at radius 1 is 1.20 bits per heavy atom. The smallest absolute Gasteiger partial charge is 0.182 e. The summed E-state index contributed by atoms with van der Waals surface area (Å²) in [5, 5.41) is 2.00. The van der Waals surface area contributed by atoms with Gasteiger partial charge in [-0.15, -0.1) is 11.3 Å². The van der Waals surface area contributed by atoms with Gasteiger partial charge in [0, 0.05) is 11.4 Å². The maximum atomic E-state index is 13.5. The van der Waals surface area contributed by atoms with Gasteiger partial charge in [-0.1, -0.05) is 12.1 Å². The zero-order valence-electron chi connectivity index (χ0n) is 11.1. The lowest BCUT2D eigenvalue weighted by molar-refractivity contribution is 0.0938. The molecule has 0 bridgehead atoms. The molecule has 2 aromatic rings. The van der Waals surface area contributed by atoms with Crippen LogP contribution in [-0.2, 0) is 6.42 Å². The summed E-state index contributed by atoms with van der Waals surface area (Å²) in [6.45, 7) is 0.672. The number of hydrogen-bond acceptors (Lipinski definition) is 3. The topological polar surface area (TPSA) is 20.3 Å². The van der Waals surface area contributed by atoms with Crippen molar-refractivity contribution in [1.29, 1.82) is 0 Å². The summed E-state index contributed by atoms with van der Waals surface area (Å²) in [7, 11) is 1.77. The second-order valence-electron chi connectivity index (χ2n) is 4.59. The van der Waals surface area contributed by atoms with Gasteiger partial charge in [-0.2, -0.15) is 0 Å². The third kappa shape index (κ3) is 3.71. The molecule has 1 aromatic heterocycles. The van der Waals surface area contributed by atoms with Gasteiger partial charge in [0.25, 0.3) is 0 Å². The first-order valence-electron chi connectivity index (χ1n) is 6.26. The van der Waals surface area contributed by atoms with E-state index in [9.17, 15) is 13.6 Å². The van der Waals surface area contributed by atoms with E-state index in [1.54, 1.807) is 23.3 Å². The molecular formula is C15H15F2NOS. The van der Waals surface area contributed by atoms with Crippen molar-refractivity contribution in [3.8, 4) is 0 Å². The molecule has 0 amide bonds. The number of carbonyl (C=O) groups excluding carboxylic acids is 1. The predicted molar refractivity (Wildman–Crippen MR) is 76.2 cm³/mol. The van der Waals surface area contributed by atoms with E-state index in [1.165, 1.54) is 10.9 Å². The van der Waals surface area contributed by atoms with Gasteiger partial charge in [0.05, 0.1) is 12.1 Å². The second-order valence-corrected chi connectivity index (χ2v) is 5.62. The molecule has 2 nitrogen and oxygen atoms in total. The Bertz CT molecular complexity index is 563. The molecule has 106 valence electrons. The number of hydrogen-bond donors (Lipinski definition) is 0. The summed E-state index contributed by atoms with van der Waals surface area (Å²) in [4.78, 5) is 14.9.